The second kappa shape index (κ2) is 10.5. The van der Waals surface area contributed by atoms with Crippen molar-refractivity contribution in [1.82, 2.24) is 0 Å². The van der Waals surface area contributed by atoms with Gasteiger partial charge in [-0.25, -0.2) is 0 Å². The third kappa shape index (κ3) is 5.53. The molecule has 8 nitrogen and oxygen atoms in total. The first-order chi connectivity index (χ1) is 15.0. The summed E-state index contributed by atoms with van der Waals surface area (Å²) in [6, 6.07) is 14.2. The number of para-hydroxylation sites is 4. The van der Waals surface area contributed by atoms with Crippen LogP contribution in [0.15, 0.2) is 48.5 Å². The van der Waals surface area contributed by atoms with Gasteiger partial charge < -0.3 is 24.4 Å². The number of carbonyl (C=O) groups is 3. The van der Waals surface area contributed by atoms with Gasteiger partial charge in [0.1, 0.15) is 11.5 Å². The van der Waals surface area contributed by atoms with Crippen LogP contribution < -0.4 is 19.7 Å². The van der Waals surface area contributed by atoms with Crippen LogP contribution in [0.5, 0.6) is 11.5 Å². The lowest BCUT2D eigenvalue weighted by Crippen LogP contribution is -2.28. The van der Waals surface area contributed by atoms with Crippen LogP contribution in [0.25, 0.3) is 0 Å². The molecule has 164 valence electrons. The molecular weight excluding hydrogens is 400 g/mol. The van der Waals surface area contributed by atoms with E-state index in [1.54, 1.807) is 42.5 Å². The third-order valence-corrected chi connectivity index (χ3v) is 4.72. The second-order valence-electron chi connectivity index (χ2n) is 6.89. The van der Waals surface area contributed by atoms with E-state index in [1.165, 1.54) is 4.90 Å². The van der Waals surface area contributed by atoms with E-state index in [2.05, 4.69) is 5.32 Å². The SMILES string of the molecule is CCOc1ccccc1NC(=O)COC(=O)[C@H]1CC(=O)N(c2ccccc2OCC)C1. The lowest BCUT2D eigenvalue weighted by atomic mass is 10.1. The summed E-state index contributed by atoms with van der Waals surface area (Å²) in [6.45, 7) is 4.36. The Bertz CT molecular complexity index is 945. The summed E-state index contributed by atoms with van der Waals surface area (Å²) in [4.78, 5) is 38.7. The van der Waals surface area contributed by atoms with Crippen LogP contribution in [0, 0.1) is 5.92 Å². The van der Waals surface area contributed by atoms with Gasteiger partial charge >= 0.3 is 5.97 Å². The minimum absolute atomic E-state index is 0.0219. The highest BCUT2D eigenvalue weighted by atomic mass is 16.5. The van der Waals surface area contributed by atoms with Crippen LogP contribution in [-0.2, 0) is 19.1 Å². The highest BCUT2D eigenvalue weighted by Gasteiger charge is 2.37. The van der Waals surface area contributed by atoms with Crippen molar-refractivity contribution in [2.75, 3.05) is 36.6 Å². The monoisotopic (exact) mass is 426 g/mol. The zero-order valence-electron chi connectivity index (χ0n) is 17.6. The Kier molecular flexibility index (Phi) is 7.48. The maximum atomic E-state index is 12.5. The lowest BCUT2D eigenvalue weighted by Gasteiger charge is -2.20. The number of nitrogens with one attached hydrogen (secondary N) is 1. The van der Waals surface area contributed by atoms with E-state index in [-0.39, 0.29) is 18.9 Å². The number of benzene rings is 2. The van der Waals surface area contributed by atoms with E-state index in [9.17, 15) is 14.4 Å². The summed E-state index contributed by atoms with van der Waals surface area (Å²) in [5.74, 6) is -0.786. The Morgan fingerprint density at radius 3 is 2.39 bits per heavy atom. The van der Waals surface area contributed by atoms with Crippen LogP contribution in [0.1, 0.15) is 20.3 Å². The molecule has 1 heterocycles. The zero-order chi connectivity index (χ0) is 22.2. The molecule has 0 bridgehead atoms. The molecule has 0 saturated carbocycles. The Morgan fingerprint density at radius 2 is 1.65 bits per heavy atom. The summed E-state index contributed by atoms with van der Waals surface area (Å²) >= 11 is 0. The first kappa shape index (κ1) is 22.1. The Hall–Kier alpha value is -3.55. The summed E-state index contributed by atoms with van der Waals surface area (Å²) in [5.41, 5.74) is 1.12. The fourth-order valence-electron chi connectivity index (χ4n) is 3.35. The Morgan fingerprint density at radius 1 is 1.00 bits per heavy atom. The molecule has 0 spiro atoms. The number of hydrogen-bond acceptors (Lipinski definition) is 6. The van der Waals surface area contributed by atoms with Gasteiger partial charge in [0.05, 0.1) is 30.5 Å². The average molecular weight is 426 g/mol. The molecule has 1 N–H and O–H groups in total. The van der Waals surface area contributed by atoms with Crippen molar-refractivity contribution >= 4 is 29.2 Å². The maximum Gasteiger partial charge on any atom is 0.311 e. The predicted molar refractivity (Wildman–Crippen MR) is 115 cm³/mol. The molecule has 0 aromatic heterocycles. The van der Waals surface area contributed by atoms with Crippen molar-refractivity contribution in [2.45, 2.75) is 20.3 Å². The van der Waals surface area contributed by atoms with Crippen molar-refractivity contribution in [3.8, 4) is 11.5 Å². The largest absolute Gasteiger partial charge is 0.492 e. The number of nitrogens with zero attached hydrogens (tertiary/aromatic N) is 1. The molecule has 3 rings (SSSR count). The molecule has 31 heavy (non-hydrogen) atoms. The van der Waals surface area contributed by atoms with Gasteiger partial charge in [0.25, 0.3) is 5.91 Å². The summed E-state index contributed by atoms with van der Waals surface area (Å²) in [6.07, 6.45) is 0.0219. The molecular formula is C23H26N2O6. The third-order valence-electron chi connectivity index (χ3n) is 4.72. The van der Waals surface area contributed by atoms with E-state index >= 15 is 0 Å². The van der Waals surface area contributed by atoms with Crippen LogP contribution in [-0.4, -0.2) is 44.1 Å². The van der Waals surface area contributed by atoms with E-state index in [1.807, 2.05) is 19.9 Å². The molecule has 1 atom stereocenters. The van der Waals surface area contributed by atoms with Crippen molar-refractivity contribution in [2.24, 2.45) is 5.92 Å². The van der Waals surface area contributed by atoms with Crippen molar-refractivity contribution in [1.29, 1.82) is 0 Å². The minimum Gasteiger partial charge on any atom is -0.492 e. The standard InChI is InChI=1S/C23H26N2O6/c1-3-29-19-11-7-5-9-17(19)24-21(26)15-31-23(28)16-13-22(27)25(14-16)18-10-6-8-12-20(18)30-4-2/h5-12,16H,3-4,13-15H2,1-2H3,(H,24,26)/t16-/m0/s1. The highest BCUT2D eigenvalue weighted by molar-refractivity contribution is 6.01. The number of amides is 2. The number of ether oxygens (including phenoxy) is 3. The molecule has 0 radical (unpaired) electrons. The Balaban J connectivity index is 1.56. The number of rotatable bonds is 9. The molecule has 1 aliphatic rings. The molecule has 2 aromatic rings. The first-order valence-corrected chi connectivity index (χ1v) is 10.2. The second-order valence-corrected chi connectivity index (χ2v) is 6.89. The van der Waals surface area contributed by atoms with Gasteiger partial charge in [-0.3, -0.25) is 14.4 Å². The summed E-state index contributed by atoms with van der Waals surface area (Å²) < 4.78 is 16.2. The van der Waals surface area contributed by atoms with Crippen molar-refractivity contribution in [3.63, 3.8) is 0 Å². The fraction of sp³-hybridized carbons (Fsp3) is 0.348. The van der Waals surface area contributed by atoms with Gasteiger partial charge in [-0.1, -0.05) is 24.3 Å². The number of anilines is 2. The van der Waals surface area contributed by atoms with Gasteiger partial charge in [0.15, 0.2) is 6.61 Å². The number of esters is 1. The van der Waals surface area contributed by atoms with Crippen LogP contribution in [0.4, 0.5) is 11.4 Å². The van der Waals surface area contributed by atoms with Gasteiger partial charge in [-0.05, 0) is 38.1 Å². The maximum absolute atomic E-state index is 12.5. The van der Waals surface area contributed by atoms with Crippen molar-refractivity contribution < 1.29 is 28.6 Å². The number of carbonyl (C=O) groups excluding carboxylic acids is 3. The topological polar surface area (TPSA) is 94.2 Å². The molecule has 0 unspecified atom stereocenters. The van der Waals surface area contributed by atoms with Crippen LogP contribution >= 0.6 is 0 Å². The molecule has 2 amide bonds. The molecule has 1 aliphatic heterocycles. The first-order valence-electron chi connectivity index (χ1n) is 10.2. The van der Waals surface area contributed by atoms with Crippen molar-refractivity contribution in [3.05, 3.63) is 48.5 Å². The van der Waals surface area contributed by atoms with Crippen LogP contribution in [0.3, 0.4) is 0 Å². The lowest BCUT2D eigenvalue weighted by molar-refractivity contribution is -0.151. The number of hydrogen-bond donors (Lipinski definition) is 1. The predicted octanol–water partition coefficient (Wildman–Crippen LogP) is 3.02. The van der Waals surface area contributed by atoms with Gasteiger partial charge in [-0.2, -0.15) is 0 Å². The van der Waals surface area contributed by atoms with Gasteiger partial charge in [0.2, 0.25) is 5.91 Å². The molecule has 1 saturated heterocycles. The highest BCUT2D eigenvalue weighted by Crippen LogP contribution is 2.33. The Labute approximate surface area is 181 Å². The van der Waals surface area contributed by atoms with E-state index in [0.717, 1.165) is 0 Å². The van der Waals surface area contributed by atoms with E-state index < -0.39 is 24.4 Å². The average Bonchev–Trinajstić information content (AvgIpc) is 3.16. The fourth-order valence-corrected chi connectivity index (χ4v) is 3.35. The van der Waals surface area contributed by atoms with E-state index in [0.29, 0.717) is 36.1 Å². The quantitative estimate of drug-likeness (QED) is 0.620. The summed E-state index contributed by atoms with van der Waals surface area (Å²) in [7, 11) is 0. The molecule has 1 fully saturated rings. The normalized spacial score (nSPS) is 15.5. The van der Waals surface area contributed by atoms with E-state index in [4.69, 9.17) is 14.2 Å². The van der Waals surface area contributed by atoms with Gasteiger partial charge in [-0.15, -0.1) is 0 Å². The molecule has 2 aromatic carbocycles. The smallest absolute Gasteiger partial charge is 0.311 e. The van der Waals surface area contributed by atoms with Gasteiger partial charge in [0, 0.05) is 13.0 Å². The van der Waals surface area contributed by atoms with Crippen LogP contribution in [0.2, 0.25) is 0 Å². The molecule has 8 heteroatoms. The zero-order valence-corrected chi connectivity index (χ0v) is 17.6. The summed E-state index contributed by atoms with van der Waals surface area (Å²) in [5, 5.41) is 2.67. The minimum atomic E-state index is -0.648. The molecule has 0 aliphatic carbocycles.